The molecule has 1 aliphatic rings. The quantitative estimate of drug-likeness (QED) is 0.738. The number of nitrogens with two attached hydrogens (primary N) is 1. The van der Waals surface area contributed by atoms with Crippen LogP contribution in [-0.2, 0) is 14.8 Å². The maximum atomic E-state index is 12.0. The Morgan fingerprint density at radius 2 is 1.96 bits per heavy atom. The maximum Gasteiger partial charge on any atom is 0.253 e. The normalized spacial score (nSPS) is 21.5. The van der Waals surface area contributed by atoms with E-state index in [2.05, 4.69) is 27.2 Å². The molecule has 1 amide bonds. The number of carbonyl (C=O) groups excluding carboxylic acids is 1. The molecular weight excluding hydrogens is 354 g/mol. The summed E-state index contributed by atoms with van der Waals surface area (Å²) in [5.74, 6) is -0.103. The number of hydrogen-bond donors (Lipinski definition) is 3. The monoisotopic (exact) mass is 373 g/mol. The standard InChI is InChI=1S/C17H19N5O3S/c1-12-15(16(23)19-2)6-4-3-5-11-20-17(21-12)22-13-7-9-14(10-8-13)26(18,24)25/h3-4,6-11H,1,5H2,2H3,(H,19,23)(H,21,22)(H2,18,24,25)/b4-3-,15-6+,20-11-. The van der Waals surface area contributed by atoms with E-state index >= 15 is 0 Å². The molecule has 0 fully saturated rings. The number of sulfonamides is 1. The van der Waals surface area contributed by atoms with E-state index in [1.165, 1.54) is 31.3 Å². The van der Waals surface area contributed by atoms with Gasteiger partial charge in [-0.25, -0.2) is 23.5 Å². The molecule has 0 radical (unpaired) electrons. The van der Waals surface area contributed by atoms with E-state index in [0.717, 1.165) is 0 Å². The second-order valence-electron chi connectivity index (χ2n) is 5.21. The van der Waals surface area contributed by atoms with Crippen molar-refractivity contribution in [3.63, 3.8) is 0 Å². The van der Waals surface area contributed by atoms with Gasteiger partial charge in [0.15, 0.2) is 0 Å². The van der Waals surface area contributed by atoms with Gasteiger partial charge in [0.1, 0.15) is 0 Å². The summed E-state index contributed by atoms with van der Waals surface area (Å²) in [7, 11) is -2.24. The first-order valence-electron chi connectivity index (χ1n) is 7.60. The number of nitrogens with one attached hydrogen (secondary N) is 2. The first-order chi connectivity index (χ1) is 12.3. The highest BCUT2D eigenvalue weighted by Gasteiger charge is 2.12. The van der Waals surface area contributed by atoms with Crippen molar-refractivity contribution in [3.05, 3.63) is 60.3 Å². The van der Waals surface area contributed by atoms with Crippen molar-refractivity contribution in [2.75, 3.05) is 12.4 Å². The van der Waals surface area contributed by atoms with E-state index in [9.17, 15) is 13.2 Å². The smallest absolute Gasteiger partial charge is 0.253 e. The molecule has 1 aromatic carbocycles. The van der Waals surface area contributed by atoms with E-state index in [1.54, 1.807) is 18.4 Å². The van der Waals surface area contributed by atoms with Gasteiger partial charge >= 0.3 is 0 Å². The van der Waals surface area contributed by atoms with Crippen LogP contribution in [0.25, 0.3) is 0 Å². The summed E-state index contributed by atoms with van der Waals surface area (Å²) in [5, 5.41) is 10.6. The Hall–Kier alpha value is -3.04. The van der Waals surface area contributed by atoms with E-state index in [4.69, 9.17) is 5.14 Å². The number of benzene rings is 1. The lowest BCUT2D eigenvalue weighted by atomic mass is 10.1. The SMILES string of the molecule is C=C1/N=C(Nc2ccc(S(N)(=O)=O)cc2)\N=C/C/C=C\C=C/1C(=O)NC. The molecule has 2 rings (SSSR count). The van der Waals surface area contributed by atoms with Gasteiger partial charge in [-0.1, -0.05) is 18.7 Å². The molecule has 1 heterocycles. The van der Waals surface area contributed by atoms with Gasteiger partial charge < -0.3 is 10.6 Å². The minimum atomic E-state index is -3.76. The van der Waals surface area contributed by atoms with Crippen molar-refractivity contribution >= 4 is 33.8 Å². The molecule has 1 aromatic rings. The van der Waals surface area contributed by atoms with Gasteiger partial charge in [-0.3, -0.25) is 4.79 Å². The molecule has 0 spiro atoms. The van der Waals surface area contributed by atoms with Crippen LogP contribution in [0.1, 0.15) is 6.42 Å². The van der Waals surface area contributed by atoms with Crippen LogP contribution >= 0.6 is 0 Å². The molecule has 0 bridgehead atoms. The molecule has 0 unspecified atom stereocenters. The van der Waals surface area contributed by atoms with Crippen molar-refractivity contribution in [1.82, 2.24) is 5.32 Å². The molecular formula is C17H19N5O3S. The summed E-state index contributed by atoms with van der Waals surface area (Å²) in [5.41, 5.74) is 1.10. The number of hydrogen-bond acceptors (Lipinski definition) is 6. The van der Waals surface area contributed by atoms with E-state index in [1.807, 2.05) is 6.08 Å². The number of nitrogens with zero attached hydrogens (tertiary/aromatic N) is 2. The highest BCUT2D eigenvalue weighted by Crippen LogP contribution is 2.15. The Morgan fingerprint density at radius 3 is 2.58 bits per heavy atom. The Balaban J connectivity index is 2.30. The molecule has 136 valence electrons. The zero-order valence-corrected chi connectivity index (χ0v) is 15.0. The van der Waals surface area contributed by atoms with Gasteiger partial charge in [0, 0.05) is 25.4 Å². The van der Waals surface area contributed by atoms with Gasteiger partial charge in [0.25, 0.3) is 5.91 Å². The minimum absolute atomic E-state index is 0.00109. The summed E-state index contributed by atoms with van der Waals surface area (Å²) in [6.45, 7) is 3.82. The molecule has 0 saturated heterocycles. The third-order valence-electron chi connectivity index (χ3n) is 3.32. The lowest BCUT2D eigenvalue weighted by Crippen LogP contribution is -2.21. The Bertz CT molecular complexity index is 926. The first kappa shape index (κ1) is 19.3. The predicted molar refractivity (Wildman–Crippen MR) is 102 cm³/mol. The maximum absolute atomic E-state index is 12.0. The lowest BCUT2D eigenvalue weighted by Gasteiger charge is -2.10. The number of primary sulfonamides is 1. The summed E-state index contributed by atoms with van der Waals surface area (Å²) in [4.78, 5) is 20.4. The number of guanidine groups is 1. The zero-order valence-electron chi connectivity index (χ0n) is 14.1. The minimum Gasteiger partial charge on any atom is -0.355 e. The second kappa shape index (κ2) is 8.37. The topological polar surface area (TPSA) is 126 Å². The number of allylic oxidation sites excluding steroid dienone is 3. The Kier molecular flexibility index (Phi) is 6.21. The van der Waals surface area contributed by atoms with Crippen molar-refractivity contribution < 1.29 is 13.2 Å². The number of amides is 1. The molecule has 0 saturated carbocycles. The average molecular weight is 373 g/mol. The zero-order chi connectivity index (χ0) is 19.2. The second-order valence-corrected chi connectivity index (χ2v) is 6.77. The molecule has 0 aromatic heterocycles. The highest BCUT2D eigenvalue weighted by atomic mass is 32.2. The van der Waals surface area contributed by atoms with Crippen LogP contribution < -0.4 is 15.8 Å². The molecule has 8 nitrogen and oxygen atoms in total. The number of rotatable bonds is 3. The van der Waals surface area contributed by atoms with Crippen LogP contribution in [0.4, 0.5) is 5.69 Å². The van der Waals surface area contributed by atoms with E-state index in [-0.39, 0.29) is 22.5 Å². The van der Waals surface area contributed by atoms with Gasteiger partial charge in [-0.2, -0.15) is 0 Å². The van der Waals surface area contributed by atoms with Crippen LogP contribution in [0.5, 0.6) is 0 Å². The largest absolute Gasteiger partial charge is 0.355 e. The molecule has 9 heteroatoms. The molecule has 26 heavy (non-hydrogen) atoms. The van der Waals surface area contributed by atoms with Gasteiger partial charge in [-0.15, -0.1) is 0 Å². The Labute approximate surface area is 152 Å². The van der Waals surface area contributed by atoms with Crippen molar-refractivity contribution in [2.24, 2.45) is 15.1 Å². The van der Waals surface area contributed by atoms with Crippen LogP contribution in [0.15, 0.2) is 75.2 Å². The van der Waals surface area contributed by atoms with Crippen LogP contribution in [0.3, 0.4) is 0 Å². The number of anilines is 1. The fourth-order valence-corrected chi connectivity index (χ4v) is 2.53. The number of aliphatic imine (C=N–C) groups is 2. The fourth-order valence-electron chi connectivity index (χ4n) is 2.01. The molecule has 0 atom stereocenters. The Morgan fingerprint density at radius 1 is 1.27 bits per heavy atom. The third kappa shape index (κ3) is 5.23. The molecule has 0 aliphatic carbocycles. The van der Waals surface area contributed by atoms with Gasteiger partial charge in [-0.05, 0) is 30.3 Å². The molecule has 4 N–H and O–H groups in total. The summed E-state index contributed by atoms with van der Waals surface area (Å²) in [6.07, 6.45) is 7.40. The number of likely N-dealkylation sites (N-methyl/N-ethyl adjacent to an activating group) is 1. The van der Waals surface area contributed by atoms with Crippen LogP contribution in [0, 0.1) is 0 Å². The van der Waals surface area contributed by atoms with E-state index in [0.29, 0.717) is 17.7 Å². The summed E-state index contributed by atoms with van der Waals surface area (Å²) in [6, 6.07) is 5.81. The van der Waals surface area contributed by atoms with E-state index < -0.39 is 10.0 Å². The van der Waals surface area contributed by atoms with Gasteiger partial charge in [0.05, 0.1) is 16.2 Å². The summed E-state index contributed by atoms with van der Waals surface area (Å²) < 4.78 is 22.6. The third-order valence-corrected chi connectivity index (χ3v) is 4.25. The lowest BCUT2D eigenvalue weighted by molar-refractivity contribution is -0.116. The average Bonchev–Trinajstić information content (AvgIpc) is 2.59. The first-order valence-corrected chi connectivity index (χ1v) is 9.15. The van der Waals surface area contributed by atoms with Crippen LogP contribution in [0.2, 0.25) is 0 Å². The highest BCUT2D eigenvalue weighted by molar-refractivity contribution is 7.89. The summed E-state index contributed by atoms with van der Waals surface area (Å²) >= 11 is 0. The van der Waals surface area contributed by atoms with Crippen molar-refractivity contribution in [2.45, 2.75) is 11.3 Å². The van der Waals surface area contributed by atoms with Crippen molar-refractivity contribution in [1.29, 1.82) is 0 Å². The fraction of sp³-hybridized carbons (Fsp3) is 0.118. The van der Waals surface area contributed by atoms with Crippen molar-refractivity contribution in [3.8, 4) is 0 Å². The molecule has 1 aliphatic heterocycles. The van der Waals surface area contributed by atoms with Gasteiger partial charge in [0.2, 0.25) is 16.0 Å². The number of carbonyl (C=O) groups is 1. The van der Waals surface area contributed by atoms with Crippen LogP contribution in [-0.4, -0.2) is 33.5 Å². The predicted octanol–water partition coefficient (Wildman–Crippen LogP) is 1.32.